The van der Waals surface area contributed by atoms with E-state index in [0.717, 1.165) is 22.4 Å². The van der Waals surface area contributed by atoms with Crippen LogP contribution in [0.4, 0.5) is 5.69 Å². The fraction of sp³-hybridized carbons (Fsp3) is 0.323. The second kappa shape index (κ2) is 8.33. The van der Waals surface area contributed by atoms with Crippen molar-refractivity contribution in [2.24, 2.45) is 0 Å². The van der Waals surface area contributed by atoms with Crippen molar-refractivity contribution < 1.29 is 4.79 Å². The normalized spacial score (nSPS) is 16.1. The molecular weight excluding hydrogens is 402 g/mol. The first-order chi connectivity index (χ1) is 15.5. The van der Waals surface area contributed by atoms with Gasteiger partial charge in [-0.05, 0) is 101 Å². The first kappa shape index (κ1) is 23.0. The van der Waals surface area contributed by atoms with E-state index in [0.29, 0.717) is 5.56 Å². The highest BCUT2D eigenvalue weighted by Crippen LogP contribution is 2.47. The summed E-state index contributed by atoms with van der Waals surface area (Å²) in [6, 6.07) is 20.3. The highest BCUT2D eigenvalue weighted by molar-refractivity contribution is 6.04. The smallest absolute Gasteiger partial charge is 0.255 e. The molecule has 0 spiro atoms. The predicted octanol–water partition coefficient (Wildman–Crippen LogP) is 7.97. The van der Waals surface area contributed by atoms with Gasteiger partial charge in [0.1, 0.15) is 0 Å². The van der Waals surface area contributed by atoms with E-state index in [1.54, 1.807) is 0 Å². The summed E-state index contributed by atoms with van der Waals surface area (Å²) in [5, 5.41) is 2.98. The summed E-state index contributed by atoms with van der Waals surface area (Å²) in [5.74, 6) is -0.105. The second-order valence-corrected chi connectivity index (χ2v) is 10.9. The molecule has 0 unspecified atom stereocenters. The molecule has 2 heteroatoms. The maximum Gasteiger partial charge on any atom is 0.255 e. The minimum absolute atomic E-state index is 0.105. The van der Waals surface area contributed by atoms with Gasteiger partial charge in [-0.1, -0.05) is 70.7 Å². The molecule has 33 heavy (non-hydrogen) atoms. The van der Waals surface area contributed by atoms with E-state index < -0.39 is 0 Å². The van der Waals surface area contributed by atoms with E-state index in [-0.39, 0.29) is 16.7 Å². The monoisotopic (exact) mass is 437 g/mol. The SMILES string of the molecule is C=C(c1ccc(C(=O)Nc2cccc(C)c2)cc1)c1cc2c(cc1C)C(C)(C)CCC2(C)C. The first-order valence-corrected chi connectivity index (χ1v) is 11.8. The van der Waals surface area contributed by atoms with Gasteiger partial charge in [0, 0.05) is 11.3 Å². The van der Waals surface area contributed by atoms with Gasteiger partial charge < -0.3 is 5.32 Å². The lowest BCUT2D eigenvalue weighted by molar-refractivity contribution is 0.102. The van der Waals surface area contributed by atoms with E-state index in [9.17, 15) is 4.79 Å². The van der Waals surface area contributed by atoms with Crippen LogP contribution in [-0.2, 0) is 10.8 Å². The van der Waals surface area contributed by atoms with Gasteiger partial charge in [0.05, 0.1) is 0 Å². The fourth-order valence-electron chi connectivity index (χ4n) is 4.95. The molecule has 0 atom stereocenters. The Kier molecular flexibility index (Phi) is 5.82. The van der Waals surface area contributed by atoms with E-state index in [4.69, 9.17) is 0 Å². The zero-order valence-electron chi connectivity index (χ0n) is 20.8. The topological polar surface area (TPSA) is 29.1 Å². The lowest BCUT2D eigenvalue weighted by Crippen LogP contribution is -2.34. The van der Waals surface area contributed by atoms with Crippen LogP contribution in [0.25, 0.3) is 5.57 Å². The Labute approximate surface area is 198 Å². The van der Waals surface area contributed by atoms with Crippen molar-refractivity contribution in [3.8, 4) is 0 Å². The van der Waals surface area contributed by atoms with Crippen molar-refractivity contribution in [2.45, 2.75) is 65.2 Å². The second-order valence-electron chi connectivity index (χ2n) is 10.9. The number of nitrogens with one attached hydrogen (secondary N) is 1. The molecule has 170 valence electrons. The summed E-state index contributed by atoms with van der Waals surface area (Å²) >= 11 is 0. The van der Waals surface area contributed by atoms with Crippen LogP contribution >= 0.6 is 0 Å². The summed E-state index contributed by atoms with van der Waals surface area (Å²) < 4.78 is 0. The summed E-state index contributed by atoms with van der Waals surface area (Å²) in [6.45, 7) is 18.1. The fourth-order valence-corrected chi connectivity index (χ4v) is 4.95. The van der Waals surface area contributed by atoms with Gasteiger partial charge in [-0.25, -0.2) is 0 Å². The van der Waals surface area contributed by atoms with Crippen molar-refractivity contribution in [3.05, 3.63) is 106 Å². The van der Waals surface area contributed by atoms with Crippen molar-refractivity contribution in [1.29, 1.82) is 0 Å². The zero-order chi connectivity index (χ0) is 24.0. The summed E-state index contributed by atoms with van der Waals surface area (Å²) in [5.41, 5.74) is 10.3. The molecule has 2 nitrogen and oxygen atoms in total. The number of aryl methyl sites for hydroxylation is 2. The third kappa shape index (κ3) is 4.53. The number of anilines is 1. The van der Waals surface area contributed by atoms with E-state index >= 15 is 0 Å². The predicted molar refractivity (Wildman–Crippen MR) is 140 cm³/mol. The molecule has 0 heterocycles. The zero-order valence-corrected chi connectivity index (χ0v) is 20.8. The van der Waals surface area contributed by atoms with Crippen LogP contribution < -0.4 is 5.32 Å². The standard InChI is InChI=1S/C31H35NO/c1-20-9-8-10-25(17-20)32-29(33)24-13-11-23(12-14-24)22(3)26-19-28-27(18-21(26)2)30(4,5)15-16-31(28,6)7/h8-14,17-19H,3,15-16H2,1-2,4-7H3,(H,32,33). The van der Waals surface area contributed by atoms with E-state index in [1.165, 1.54) is 35.1 Å². The quantitative estimate of drug-likeness (QED) is 0.440. The number of hydrogen-bond acceptors (Lipinski definition) is 1. The Morgan fingerprint density at radius 3 is 2.00 bits per heavy atom. The van der Waals surface area contributed by atoms with E-state index in [2.05, 4.69) is 58.6 Å². The molecule has 4 rings (SSSR count). The van der Waals surface area contributed by atoms with Crippen LogP contribution in [0.2, 0.25) is 0 Å². The van der Waals surface area contributed by atoms with Crippen molar-refractivity contribution in [1.82, 2.24) is 0 Å². The van der Waals surface area contributed by atoms with Gasteiger partial charge >= 0.3 is 0 Å². The highest BCUT2D eigenvalue weighted by Gasteiger charge is 2.37. The van der Waals surface area contributed by atoms with Gasteiger partial charge in [0.15, 0.2) is 0 Å². The van der Waals surface area contributed by atoms with Crippen LogP contribution in [0.1, 0.15) is 84.3 Å². The number of hydrogen-bond donors (Lipinski definition) is 1. The van der Waals surface area contributed by atoms with Gasteiger partial charge in [0.25, 0.3) is 5.91 Å². The lowest BCUT2D eigenvalue weighted by atomic mass is 9.62. The molecule has 1 amide bonds. The molecule has 1 aliphatic carbocycles. The molecular formula is C31H35NO. The molecule has 1 aliphatic rings. The number of benzene rings is 3. The highest BCUT2D eigenvalue weighted by atomic mass is 16.1. The molecule has 0 aliphatic heterocycles. The average Bonchev–Trinajstić information content (AvgIpc) is 2.76. The molecule has 3 aromatic carbocycles. The summed E-state index contributed by atoms with van der Waals surface area (Å²) in [4.78, 5) is 12.7. The minimum atomic E-state index is -0.105. The maximum absolute atomic E-state index is 12.7. The average molecular weight is 438 g/mol. The Hall–Kier alpha value is -3.13. The third-order valence-electron chi connectivity index (χ3n) is 7.29. The largest absolute Gasteiger partial charge is 0.322 e. The lowest BCUT2D eigenvalue weighted by Gasteiger charge is -2.42. The molecule has 0 fully saturated rings. The van der Waals surface area contributed by atoms with Crippen LogP contribution in [0, 0.1) is 13.8 Å². The Morgan fingerprint density at radius 1 is 0.818 bits per heavy atom. The third-order valence-corrected chi connectivity index (χ3v) is 7.29. The van der Waals surface area contributed by atoms with Gasteiger partial charge in [0.2, 0.25) is 0 Å². The minimum Gasteiger partial charge on any atom is -0.322 e. The van der Waals surface area contributed by atoms with Crippen molar-refractivity contribution in [2.75, 3.05) is 5.32 Å². The Morgan fingerprint density at radius 2 is 1.39 bits per heavy atom. The Balaban J connectivity index is 1.61. The van der Waals surface area contributed by atoms with Gasteiger partial charge in [-0.15, -0.1) is 0 Å². The van der Waals surface area contributed by atoms with Crippen molar-refractivity contribution in [3.63, 3.8) is 0 Å². The van der Waals surface area contributed by atoms with Crippen LogP contribution in [-0.4, -0.2) is 5.91 Å². The van der Waals surface area contributed by atoms with Gasteiger partial charge in [-0.3, -0.25) is 4.79 Å². The Bertz CT molecular complexity index is 1230. The molecule has 0 radical (unpaired) electrons. The number of carbonyl (C=O) groups excluding carboxylic acids is 1. The number of amides is 1. The maximum atomic E-state index is 12.7. The summed E-state index contributed by atoms with van der Waals surface area (Å²) in [6.07, 6.45) is 2.39. The van der Waals surface area contributed by atoms with Crippen LogP contribution in [0.3, 0.4) is 0 Å². The van der Waals surface area contributed by atoms with Crippen LogP contribution in [0.15, 0.2) is 67.2 Å². The molecule has 1 N–H and O–H groups in total. The molecule has 0 saturated carbocycles. The number of fused-ring (bicyclic) bond motifs is 1. The number of carbonyl (C=O) groups is 1. The van der Waals surface area contributed by atoms with Crippen molar-refractivity contribution >= 4 is 17.2 Å². The van der Waals surface area contributed by atoms with E-state index in [1.807, 2.05) is 55.5 Å². The number of rotatable bonds is 4. The summed E-state index contributed by atoms with van der Waals surface area (Å²) in [7, 11) is 0. The molecule has 0 saturated heterocycles. The van der Waals surface area contributed by atoms with Crippen LogP contribution in [0.5, 0.6) is 0 Å². The molecule has 0 aromatic heterocycles. The molecule has 0 bridgehead atoms. The van der Waals surface area contributed by atoms with Gasteiger partial charge in [-0.2, -0.15) is 0 Å². The first-order valence-electron chi connectivity index (χ1n) is 11.8. The molecule has 3 aromatic rings.